The van der Waals surface area contributed by atoms with Gasteiger partial charge in [0, 0.05) is 4.47 Å². The first-order chi connectivity index (χ1) is 38.1. The molecule has 0 radical (unpaired) electrons. The van der Waals surface area contributed by atoms with Crippen LogP contribution in [0.5, 0.6) is 0 Å². The summed E-state index contributed by atoms with van der Waals surface area (Å²) in [6, 6.07) is 12.0. The van der Waals surface area contributed by atoms with E-state index in [0.717, 1.165) is 36.4 Å². The Labute approximate surface area is 475 Å². The van der Waals surface area contributed by atoms with Crippen molar-refractivity contribution in [3.8, 4) is 0 Å². The first-order valence-corrected chi connectivity index (χ1v) is 24.5. The Kier molecular flexibility index (Phi) is 25.3. The maximum absolute atomic E-state index is 13.6. The van der Waals surface area contributed by atoms with Crippen molar-refractivity contribution in [2.75, 3.05) is 13.2 Å². The van der Waals surface area contributed by atoms with Crippen LogP contribution in [0.25, 0.3) is 5.57 Å². The molecule has 30 heteroatoms. The zero-order valence-corrected chi connectivity index (χ0v) is 46.3. The number of hydrogen-bond donors (Lipinski definition) is 1. The van der Waals surface area contributed by atoms with Crippen molar-refractivity contribution in [3.05, 3.63) is 176 Å². The van der Waals surface area contributed by atoms with Gasteiger partial charge in [-0.3, -0.25) is 9.59 Å². The van der Waals surface area contributed by atoms with E-state index in [0.29, 0.717) is 48.5 Å². The number of carboxylic acids is 1. The van der Waals surface area contributed by atoms with Crippen LogP contribution in [0.2, 0.25) is 0 Å². The van der Waals surface area contributed by atoms with Crippen molar-refractivity contribution in [3.63, 3.8) is 0 Å². The highest BCUT2D eigenvalue weighted by atomic mass is 79.9. The summed E-state index contributed by atoms with van der Waals surface area (Å²) in [6.07, 6.45) is -23.6. The molecule has 0 amide bonds. The lowest BCUT2D eigenvalue weighted by Gasteiger charge is -2.32. The van der Waals surface area contributed by atoms with Gasteiger partial charge in [0.05, 0.1) is 69.6 Å². The number of esters is 2. The molecule has 0 aliphatic carbocycles. The highest BCUT2D eigenvalue weighted by Crippen LogP contribution is 2.39. The summed E-state index contributed by atoms with van der Waals surface area (Å²) in [7, 11) is -0.878. The summed E-state index contributed by atoms with van der Waals surface area (Å²) in [5.41, 5.74) is -7.77. The zero-order valence-electron chi connectivity index (χ0n) is 44.8. The fourth-order valence-corrected chi connectivity index (χ4v) is 6.82. The van der Waals surface area contributed by atoms with Gasteiger partial charge in [0.2, 0.25) is 0 Å². The van der Waals surface area contributed by atoms with Crippen LogP contribution in [-0.4, -0.2) is 54.5 Å². The van der Waals surface area contributed by atoms with Gasteiger partial charge in [-0.15, -0.1) is 0 Å². The fourth-order valence-electron chi connectivity index (χ4n) is 6.48. The Bertz CT molecular complexity index is 3080. The van der Waals surface area contributed by atoms with Crippen LogP contribution in [0.4, 0.5) is 87.8 Å². The van der Waals surface area contributed by atoms with Gasteiger partial charge >= 0.3 is 55.9 Å². The lowest BCUT2D eigenvalue weighted by atomic mass is 9.78. The molecule has 0 bridgehead atoms. The lowest BCUT2D eigenvalue weighted by Crippen LogP contribution is -2.41. The highest BCUT2D eigenvalue weighted by Gasteiger charge is 2.52. The van der Waals surface area contributed by atoms with Gasteiger partial charge in [-0.1, -0.05) is 46.8 Å². The van der Waals surface area contributed by atoms with Crippen molar-refractivity contribution in [1.29, 1.82) is 0 Å². The number of rotatable bonds is 9. The van der Waals surface area contributed by atoms with E-state index < -0.39 is 136 Å². The summed E-state index contributed by atoms with van der Waals surface area (Å²) in [5, 5.41) is 8.61. The summed E-state index contributed by atoms with van der Waals surface area (Å²) >= 11 is 2.86. The smallest absolute Gasteiger partial charge is 0.481 e. The molecule has 8 nitrogen and oxygen atoms in total. The third-order valence-electron chi connectivity index (χ3n) is 11.8. The van der Waals surface area contributed by atoms with E-state index in [4.69, 9.17) is 19.2 Å². The molecule has 84 heavy (non-hydrogen) atoms. The molecule has 462 valence electrons. The topological polar surface area (TPSA) is 108 Å². The Morgan fingerprint density at radius 1 is 0.524 bits per heavy atom. The number of carbonyl (C=O) groups excluding carboxylic acids is 2. The third kappa shape index (κ3) is 20.8. The van der Waals surface area contributed by atoms with E-state index in [2.05, 4.69) is 27.2 Å². The van der Waals surface area contributed by atoms with Crippen LogP contribution in [0, 0.1) is 29.1 Å². The van der Waals surface area contributed by atoms with Crippen molar-refractivity contribution in [1.82, 2.24) is 0 Å². The Balaban J connectivity index is 0.000000361. The second-order valence-corrected chi connectivity index (χ2v) is 19.3. The van der Waals surface area contributed by atoms with Gasteiger partial charge in [-0.05, 0) is 144 Å². The lowest BCUT2D eigenvalue weighted by molar-refractivity contribution is -0.145. The van der Waals surface area contributed by atoms with E-state index in [1.165, 1.54) is 19.9 Å². The van der Waals surface area contributed by atoms with E-state index in [1.54, 1.807) is 13.8 Å². The Morgan fingerprint density at radius 2 is 0.857 bits per heavy atom. The number of benzene rings is 5. The van der Waals surface area contributed by atoms with Gasteiger partial charge in [0.25, 0.3) is 0 Å². The number of carboxylic acid groups (broad SMARTS) is 1. The predicted octanol–water partition coefficient (Wildman–Crippen LogP) is 16.7. The zero-order chi connectivity index (χ0) is 65.1. The SMILES string of the molecule is C=C(C(=O)OCC)c1ccc(C(F)(F)F)c(F)c1.CC(C(=O)O)c1ccc(C(F)(F)F)c(F)c1.CC1(C)OB(c2ccc(C(F)(F)F)c(F)c2)OC1(C)C.CCOC(=O)C(C)c1ccc(C(F)(F)F)c(F)c1.Fc1cc(Br)ccc1C(F)(F)F. The molecule has 1 fully saturated rings. The van der Waals surface area contributed by atoms with Crippen molar-refractivity contribution in [2.45, 2.75) is 109 Å². The number of ether oxygens (including phenoxy) is 2. The van der Waals surface area contributed by atoms with Gasteiger partial charge in [0.15, 0.2) is 0 Å². The number of carbonyl (C=O) groups is 3. The average molecular weight is 1300 g/mol. The second-order valence-electron chi connectivity index (χ2n) is 18.3. The van der Waals surface area contributed by atoms with Crippen LogP contribution in [0.15, 0.2) is 102 Å². The summed E-state index contributed by atoms with van der Waals surface area (Å²) in [6.45, 7) is 16.8. The standard InChI is InChI=1S/C13H15BF4O2.C12H12F4O2.C12H10F4O2.C10H8F4O2.C7H3BrF4/c1-11(2)12(3,4)20-14(19-11)8-5-6-9(10(15)7-8)13(16,17)18;2*1-3-18-11(17)7(2)8-4-5-9(10(13)6-8)12(14,15)16;1-5(9(15)16)6-2-3-7(8(11)4-6)10(12,13)14;8-4-1-2-5(6(9)3-4)7(10,11)12/h5-7H,1-4H3;4-7H,3H2,1-2H3;4-6H,2-3H2,1H3;2-5H,1H3,(H,15,16);1-3H. The van der Waals surface area contributed by atoms with Crippen LogP contribution < -0.4 is 5.46 Å². The molecular formula is C54H48BBrF20O8. The summed E-state index contributed by atoms with van der Waals surface area (Å²) in [5.74, 6) is -11.4. The summed E-state index contributed by atoms with van der Waals surface area (Å²) in [4.78, 5) is 33.2. The van der Waals surface area contributed by atoms with Crippen LogP contribution in [0.3, 0.4) is 0 Å². The maximum atomic E-state index is 13.6. The molecule has 2 unspecified atom stereocenters. The highest BCUT2D eigenvalue weighted by molar-refractivity contribution is 9.10. The molecule has 1 N–H and O–H groups in total. The molecule has 2 atom stereocenters. The van der Waals surface area contributed by atoms with Gasteiger partial charge < -0.3 is 23.9 Å². The molecule has 1 heterocycles. The van der Waals surface area contributed by atoms with Crippen molar-refractivity contribution < 1.29 is 126 Å². The van der Waals surface area contributed by atoms with E-state index in [1.807, 2.05) is 27.7 Å². The van der Waals surface area contributed by atoms with Gasteiger partial charge in [-0.25, -0.2) is 26.7 Å². The first kappa shape index (κ1) is 73.4. The van der Waals surface area contributed by atoms with Crippen LogP contribution in [0.1, 0.15) is 112 Å². The molecule has 0 spiro atoms. The number of halogens is 21. The van der Waals surface area contributed by atoms with Crippen molar-refractivity contribution in [2.24, 2.45) is 0 Å². The largest absolute Gasteiger partial charge is 0.494 e. The molecule has 1 aliphatic heterocycles. The maximum Gasteiger partial charge on any atom is 0.494 e. The molecular weight excluding hydrogens is 1250 g/mol. The predicted molar refractivity (Wildman–Crippen MR) is 267 cm³/mol. The quantitative estimate of drug-likeness (QED) is 0.0673. The second kappa shape index (κ2) is 28.9. The molecule has 1 aliphatic rings. The minimum absolute atomic E-state index is 0.00185. The minimum atomic E-state index is -4.77. The average Bonchev–Trinajstić information content (AvgIpc) is 2.57. The molecule has 6 rings (SSSR count). The number of alkyl halides is 15. The van der Waals surface area contributed by atoms with E-state index >= 15 is 0 Å². The normalized spacial score (nSPS) is 14.6. The number of hydrogen-bond acceptors (Lipinski definition) is 7. The summed E-state index contributed by atoms with van der Waals surface area (Å²) < 4.78 is 270. The monoisotopic (exact) mass is 1290 g/mol. The minimum Gasteiger partial charge on any atom is -0.481 e. The Morgan fingerprint density at radius 3 is 1.19 bits per heavy atom. The van der Waals surface area contributed by atoms with Crippen LogP contribution >= 0.6 is 15.9 Å². The molecule has 0 aromatic heterocycles. The van der Waals surface area contributed by atoms with E-state index in [9.17, 15) is 102 Å². The fraction of sp³-hybridized carbons (Fsp3) is 0.352. The molecule has 5 aromatic carbocycles. The van der Waals surface area contributed by atoms with Gasteiger partial charge in [-0.2, -0.15) is 65.9 Å². The molecule has 1 saturated heterocycles. The van der Waals surface area contributed by atoms with Crippen molar-refractivity contribution >= 4 is 52.0 Å². The Hall–Kier alpha value is -6.69. The first-order valence-electron chi connectivity index (χ1n) is 23.7. The third-order valence-corrected chi connectivity index (χ3v) is 12.3. The van der Waals surface area contributed by atoms with E-state index in [-0.39, 0.29) is 45.4 Å². The molecule has 5 aromatic rings. The van der Waals surface area contributed by atoms with Crippen LogP contribution in [-0.2, 0) is 64.0 Å². The molecule has 0 saturated carbocycles. The number of aliphatic carboxylic acids is 1. The van der Waals surface area contributed by atoms with Gasteiger partial charge in [0.1, 0.15) is 29.1 Å².